The summed E-state index contributed by atoms with van der Waals surface area (Å²) in [7, 11) is -5.83. The van der Waals surface area contributed by atoms with Gasteiger partial charge in [-0.05, 0) is 161 Å². The third-order valence-electron chi connectivity index (χ3n) is 13.0. The van der Waals surface area contributed by atoms with Crippen molar-refractivity contribution in [3.8, 4) is 11.5 Å². The molecule has 28 heteroatoms. The fourth-order valence-corrected chi connectivity index (χ4v) is 13.5. The lowest BCUT2D eigenvalue weighted by Gasteiger charge is -2.34. The average molecular weight is 1390 g/mol. The standard InChI is InChI=1S/C25H30NOS.C23H26NOS.C13H10F4O4S.C4HF9O3S/c1-20-18-24(19-21(2)25(20)27-17-11-16-26(3)4)28(22-12-7-5-8-13-22)23-14-9-6-10-15-23;1-24(2)18-9-19-25-20-14-16-23(17-15-20)26(21-10-5-3-6-11-21)22-12-7-4-8-13-22;14-12(15,13(16,17)22(18,19)20)21-8-9-5-6-10-3-1-2-4-11(10)7-9;5-1(6,3(9,10)11)2(7,8)4(12,13)17(14,15)16/h5-10,12-15,18-19H,11,16-17H2,1-4H3;3-8,10-17H,9,18-19H2,1-2H3;1-7H,8H2,(H,18,19,20);(H,14,15,16)/q2*+1;;/p-2. The molecule has 0 saturated carbocycles. The van der Waals surface area contributed by atoms with Gasteiger partial charge in [0.25, 0.3) is 0 Å². The van der Waals surface area contributed by atoms with Gasteiger partial charge >= 0.3 is 34.6 Å². The van der Waals surface area contributed by atoms with Gasteiger partial charge in [0.2, 0.25) is 0 Å². The first-order valence-corrected chi connectivity index (χ1v) is 33.0. The summed E-state index contributed by atoms with van der Waals surface area (Å²) in [4.78, 5) is 12.4. The topological polar surface area (TPSA) is 149 Å². The molecule has 0 spiro atoms. The Labute approximate surface area is 537 Å². The number of benzene rings is 8. The summed E-state index contributed by atoms with van der Waals surface area (Å²) in [5.74, 6) is -12.8. The van der Waals surface area contributed by atoms with Crippen molar-refractivity contribution >= 4 is 52.8 Å². The summed E-state index contributed by atoms with van der Waals surface area (Å²) in [6.45, 7) is 6.93. The van der Waals surface area contributed by atoms with Gasteiger partial charge in [0.05, 0.1) is 41.6 Å². The van der Waals surface area contributed by atoms with E-state index in [1.807, 2.05) is 0 Å². The van der Waals surface area contributed by atoms with Crippen molar-refractivity contribution in [1.82, 2.24) is 9.80 Å². The molecule has 8 rings (SSSR count). The van der Waals surface area contributed by atoms with Crippen LogP contribution in [0.15, 0.2) is 230 Å². The minimum absolute atomic E-state index is 0.0986. The van der Waals surface area contributed by atoms with Gasteiger partial charge in [-0.2, -0.15) is 57.1 Å². The van der Waals surface area contributed by atoms with Crippen molar-refractivity contribution < 1.29 is 97.2 Å². The van der Waals surface area contributed by atoms with Crippen LogP contribution in [0, 0.1) is 13.8 Å². The SMILES string of the molecule is CN(C)CCCOc1ccc([S+](c2ccccc2)c2ccccc2)cc1.Cc1cc([S+](c2ccccc2)c2ccccc2)cc(C)c1OCCCN(C)C.O=S(=O)([O-])C(F)(F)C(F)(F)C(F)(F)C(F)(F)F.O=S(=O)([O-])C(F)(F)C(F)(F)OCc1ccc2ccccc2c1. The van der Waals surface area contributed by atoms with Crippen LogP contribution >= 0.6 is 0 Å². The molecule has 504 valence electrons. The van der Waals surface area contributed by atoms with E-state index in [0.29, 0.717) is 5.39 Å². The molecular weight excluding hydrogens is 1330 g/mol. The molecular formula is C65H65F13N2O9S4. The molecule has 0 heterocycles. The quantitative estimate of drug-likeness (QED) is 0.0246. The minimum atomic E-state index is -7.43. The Morgan fingerprint density at radius 3 is 1.17 bits per heavy atom. The first-order chi connectivity index (χ1) is 43.3. The van der Waals surface area contributed by atoms with Gasteiger partial charge in [-0.1, -0.05) is 109 Å². The number of fused-ring (bicyclic) bond motifs is 1. The van der Waals surface area contributed by atoms with Crippen LogP contribution in [0.2, 0.25) is 0 Å². The van der Waals surface area contributed by atoms with E-state index in [-0.39, 0.29) is 27.4 Å². The normalized spacial score (nSPS) is 12.6. The maximum atomic E-state index is 13.1. The van der Waals surface area contributed by atoms with Crippen molar-refractivity contribution in [3.63, 3.8) is 0 Å². The predicted octanol–water partition coefficient (Wildman–Crippen LogP) is 15.9. The Morgan fingerprint density at radius 1 is 0.419 bits per heavy atom. The molecule has 0 aliphatic rings. The lowest BCUT2D eigenvalue weighted by atomic mass is 10.1. The van der Waals surface area contributed by atoms with Gasteiger partial charge in [-0.3, -0.25) is 0 Å². The van der Waals surface area contributed by atoms with Gasteiger partial charge < -0.3 is 33.1 Å². The Hall–Kier alpha value is -6.89. The Morgan fingerprint density at radius 2 is 0.785 bits per heavy atom. The third-order valence-corrected chi connectivity index (χ3v) is 19.2. The van der Waals surface area contributed by atoms with Gasteiger partial charge in [-0.15, -0.1) is 0 Å². The second-order valence-electron chi connectivity index (χ2n) is 20.8. The van der Waals surface area contributed by atoms with Crippen LogP contribution in [0.4, 0.5) is 57.1 Å². The van der Waals surface area contributed by atoms with E-state index in [4.69, 9.17) is 9.47 Å². The van der Waals surface area contributed by atoms with Crippen molar-refractivity contribution in [2.75, 3.05) is 54.5 Å². The molecule has 0 amide bonds. The zero-order valence-corrected chi connectivity index (χ0v) is 53.9. The molecule has 0 N–H and O–H groups in total. The van der Waals surface area contributed by atoms with Crippen LogP contribution < -0.4 is 9.47 Å². The van der Waals surface area contributed by atoms with Gasteiger partial charge in [0.1, 0.15) is 11.5 Å². The summed E-state index contributed by atoms with van der Waals surface area (Å²) < 4.78 is 234. The summed E-state index contributed by atoms with van der Waals surface area (Å²) >= 11 is 0. The number of ether oxygens (including phenoxy) is 3. The highest BCUT2D eigenvalue weighted by Crippen LogP contribution is 2.54. The zero-order chi connectivity index (χ0) is 69.2. The van der Waals surface area contributed by atoms with Crippen molar-refractivity contribution in [3.05, 3.63) is 217 Å². The molecule has 0 atom stereocenters. The third kappa shape index (κ3) is 20.6. The first kappa shape index (κ1) is 76.8. The summed E-state index contributed by atoms with van der Waals surface area (Å²) in [6.07, 6.45) is -10.5. The van der Waals surface area contributed by atoms with E-state index in [1.54, 1.807) is 30.3 Å². The zero-order valence-electron chi connectivity index (χ0n) is 50.6. The molecule has 0 saturated heterocycles. The number of rotatable bonds is 24. The van der Waals surface area contributed by atoms with Gasteiger partial charge in [0, 0.05) is 25.2 Å². The van der Waals surface area contributed by atoms with E-state index in [1.165, 1.54) is 52.6 Å². The lowest BCUT2D eigenvalue weighted by Crippen LogP contribution is -2.63. The highest BCUT2D eigenvalue weighted by Gasteiger charge is 2.84. The smallest absolute Gasteiger partial charge is 0.460 e. The highest BCUT2D eigenvalue weighted by atomic mass is 32.2. The van der Waals surface area contributed by atoms with Crippen LogP contribution in [0.3, 0.4) is 0 Å². The summed E-state index contributed by atoms with van der Waals surface area (Å²) in [6, 6.07) is 67.4. The first-order valence-electron chi connectivity index (χ1n) is 27.8. The molecule has 0 radical (unpaired) electrons. The largest absolute Gasteiger partial charge is 0.743 e. The molecule has 0 aromatic heterocycles. The number of hydrogen-bond donors (Lipinski definition) is 0. The van der Waals surface area contributed by atoms with Crippen LogP contribution in [-0.4, -0.2) is 125 Å². The van der Waals surface area contributed by atoms with Crippen LogP contribution in [0.5, 0.6) is 11.5 Å². The fraction of sp³-hybridized carbons (Fsp3) is 0.292. The van der Waals surface area contributed by atoms with Crippen molar-refractivity contribution in [2.45, 2.75) is 97.3 Å². The predicted molar refractivity (Wildman–Crippen MR) is 329 cm³/mol. The number of nitrogens with zero attached hydrogens (tertiary/aromatic N) is 2. The van der Waals surface area contributed by atoms with E-state index in [9.17, 15) is 83.0 Å². The van der Waals surface area contributed by atoms with Crippen LogP contribution in [-0.2, 0) is 53.4 Å². The molecule has 8 aromatic carbocycles. The second-order valence-corrected chi connectivity index (χ2v) is 27.7. The van der Waals surface area contributed by atoms with E-state index in [2.05, 4.69) is 214 Å². The van der Waals surface area contributed by atoms with E-state index >= 15 is 0 Å². The van der Waals surface area contributed by atoms with Crippen LogP contribution in [0.25, 0.3) is 10.8 Å². The molecule has 0 aliphatic carbocycles. The van der Waals surface area contributed by atoms with Gasteiger partial charge in [-0.25, -0.2) is 16.8 Å². The Bertz CT molecular complexity index is 3750. The molecule has 0 unspecified atom stereocenters. The Kier molecular flexibility index (Phi) is 27.2. The van der Waals surface area contributed by atoms with Crippen molar-refractivity contribution in [1.29, 1.82) is 0 Å². The number of hydrogen-bond acceptors (Lipinski definition) is 11. The second kappa shape index (κ2) is 33.0. The average Bonchev–Trinajstić information content (AvgIpc) is 0.735. The molecule has 93 heavy (non-hydrogen) atoms. The van der Waals surface area contributed by atoms with Gasteiger partial charge in [0.15, 0.2) is 49.6 Å². The molecule has 0 aliphatic heterocycles. The van der Waals surface area contributed by atoms with Crippen molar-refractivity contribution in [2.24, 2.45) is 0 Å². The molecule has 0 bridgehead atoms. The fourth-order valence-electron chi connectivity index (χ4n) is 8.35. The number of halogens is 13. The molecule has 0 fully saturated rings. The Balaban J connectivity index is 0.000000229. The summed E-state index contributed by atoms with van der Waals surface area (Å²) in [5, 5.41) is -11.5. The van der Waals surface area contributed by atoms with E-state index < -0.39 is 61.5 Å². The van der Waals surface area contributed by atoms with E-state index in [0.717, 1.165) is 56.0 Å². The summed E-state index contributed by atoms with van der Waals surface area (Å²) in [5.41, 5.74) is 2.55. The maximum absolute atomic E-state index is 13.1. The monoisotopic (exact) mass is 1390 g/mol. The molecule has 8 aromatic rings. The highest BCUT2D eigenvalue weighted by molar-refractivity contribution is 7.97. The van der Waals surface area contributed by atoms with Crippen LogP contribution in [0.1, 0.15) is 29.5 Å². The lowest BCUT2D eigenvalue weighted by molar-refractivity contribution is -0.382. The molecule has 11 nitrogen and oxygen atoms in total. The minimum Gasteiger partial charge on any atom is -0.743 e. The number of aryl methyl sites for hydroxylation is 2. The maximum Gasteiger partial charge on any atom is 0.460 e. The number of alkyl halides is 13.